The predicted octanol–water partition coefficient (Wildman–Crippen LogP) is 3.90. The molecule has 1 saturated carbocycles. The molecule has 9 heteroatoms. The first-order valence-electron chi connectivity index (χ1n) is 12.6. The molecule has 37 heavy (non-hydrogen) atoms. The number of aryl methyl sites for hydroxylation is 2. The molecular weight excluding hydrogens is 473 g/mol. The van der Waals surface area contributed by atoms with Crippen LogP contribution >= 0.6 is 0 Å². The minimum Gasteiger partial charge on any atom is -0.371 e. The van der Waals surface area contributed by atoms with E-state index in [0.29, 0.717) is 5.69 Å². The first kappa shape index (κ1) is 23.3. The number of benzene rings is 2. The monoisotopic (exact) mass is 501 g/mol. The van der Waals surface area contributed by atoms with Crippen molar-refractivity contribution in [3.63, 3.8) is 0 Å². The maximum absolute atomic E-state index is 14.8. The average molecular weight is 502 g/mol. The molecule has 0 atom stereocenters. The fourth-order valence-electron chi connectivity index (χ4n) is 5.11. The van der Waals surface area contributed by atoms with E-state index in [-0.39, 0.29) is 39.6 Å². The zero-order chi connectivity index (χ0) is 26.0. The summed E-state index contributed by atoms with van der Waals surface area (Å²) in [4.78, 5) is 43.4. The Bertz CT molecular complexity index is 1760. The Kier molecular flexibility index (Phi) is 5.33. The fourth-order valence-corrected chi connectivity index (χ4v) is 5.11. The molecule has 1 aliphatic carbocycles. The molecule has 0 bridgehead atoms. The van der Waals surface area contributed by atoms with Crippen molar-refractivity contribution in [3.05, 3.63) is 90.6 Å². The molecule has 6 rings (SSSR count). The lowest BCUT2D eigenvalue weighted by molar-refractivity contribution is 0.617. The van der Waals surface area contributed by atoms with Crippen molar-refractivity contribution in [2.75, 3.05) is 23.3 Å². The number of nitrogens with zero attached hydrogens (tertiary/aromatic N) is 4. The van der Waals surface area contributed by atoms with Crippen LogP contribution in [0.1, 0.15) is 36.4 Å². The van der Waals surface area contributed by atoms with E-state index in [0.717, 1.165) is 43.6 Å². The van der Waals surface area contributed by atoms with E-state index in [1.165, 1.54) is 19.8 Å². The normalized spacial score (nSPS) is 15.2. The summed E-state index contributed by atoms with van der Waals surface area (Å²) in [5.74, 6) is -0.348. The summed E-state index contributed by atoms with van der Waals surface area (Å²) >= 11 is 0. The zero-order valence-corrected chi connectivity index (χ0v) is 21.0. The van der Waals surface area contributed by atoms with Crippen LogP contribution in [0.15, 0.2) is 56.8 Å². The molecule has 190 valence electrons. The van der Waals surface area contributed by atoms with Gasteiger partial charge in [-0.1, -0.05) is 12.1 Å². The molecule has 2 aromatic carbocycles. The van der Waals surface area contributed by atoms with Crippen molar-refractivity contribution >= 4 is 28.1 Å². The summed E-state index contributed by atoms with van der Waals surface area (Å²) in [7, 11) is 1.55. The van der Waals surface area contributed by atoms with Gasteiger partial charge in [0.05, 0.1) is 16.9 Å². The van der Waals surface area contributed by atoms with Gasteiger partial charge in [0, 0.05) is 37.4 Å². The van der Waals surface area contributed by atoms with Gasteiger partial charge in [-0.3, -0.25) is 23.3 Å². The van der Waals surface area contributed by atoms with Crippen LogP contribution in [0.25, 0.3) is 16.6 Å². The van der Waals surface area contributed by atoms with Crippen LogP contribution in [0, 0.1) is 19.7 Å². The number of fused-ring (bicyclic) bond motifs is 1. The number of pyridine rings is 1. The molecule has 0 spiro atoms. The van der Waals surface area contributed by atoms with Gasteiger partial charge in [-0.15, -0.1) is 0 Å². The Hall–Kier alpha value is -4.14. The Labute approximate surface area is 212 Å². The van der Waals surface area contributed by atoms with Gasteiger partial charge in [-0.25, -0.2) is 9.18 Å². The maximum atomic E-state index is 14.8. The van der Waals surface area contributed by atoms with Crippen LogP contribution in [0.4, 0.5) is 21.6 Å². The molecule has 1 aliphatic heterocycles. The predicted molar refractivity (Wildman–Crippen MR) is 143 cm³/mol. The Morgan fingerprint density at radius 1 is 0.946 bits per heavy atom. The standard InChI is InChI=1S/C28H28FN5O3/c1-16-8-11-22(21(29)14-16)30-25-23-24(17(2)26(35)31(25)3)33(28(37)34(27(23)36)18-9-10-18)20-7-4-6-19(15-20)32-12-5-13-32/h4,6-8,11,14-15,18,30H,5,9-10,12-13H2,1-3H3. The van der Waals surface area contributed by atoms with Gasteiger partial charge in [0.25, 0.3) is 11.1 Å². The maximum Gasteiger partial charge on any atom is 0.336 e. The number of hydrogen-bond donors (Lipinski definition) is 1. The third-order valence-electron chi connectivity index (χ3n) is 7.44. The largest absolute Gasteiger partial charge is 0.371 e. The number of anilines is 3. The molecule has 0 radical (unpaired) electrons. The quantitative estimate of drug-likeness (QED) is 0.449. The Balaban J connectivity index is 1.71. The van der Waals surface area contributed by atoms with E-state index in [1.807, 2.05) is 24.3 Å². The molecule has 2 aromatic heterocycles. The zero-order valence-electron chi connectivity index (χ0n) is 21.0. The van der Waals surface area contributed by atoms with E-state index < -0.39 is 17.1 Å². The minimum absolute atomic E-state index is 0.139. The van der Waals surface area contributed by atoms with E-state index in [4.69, 9.17) is 0 Å². The number of aromatic nitrogens is 3. The highest BCUT2D eigenvalue weighted by molar-refractivity contribution is 5.93. The van der Waals surface area contributed by atoms with Gasteiger partial charge in [0.1, 0.15) is 17.0 Å². The lowest BCUT2D eigenvalue weighted by Crippen LogP contribution is -2.41. The summed E-state index contributed by atoms with van der Waals surface area (Å²) < 4.78 is 18.9. The van der Waals surface area contributed by atoms with Gasteiger partial charge in [-0.05, 0) is 69.0 Å². The fraction of sp³-hybridized carbons (Fsp3) is 0.321. The molecule has 4 aromatic rings. The first-order valence-corrected chi connectivity index (χ1v) is 12.6. The van der Waals surface area contributed by atoms with Crippen LogP contribution in [0.3, 0.4) is 0 Å². The highest BCUT2D eigenvalue weighted by Gasteiger charge is 2.31. The van der Waals surface area contributed by atoms with Crippen molar-refractivity contribution in [2.45, 2.75) is 39.2 Å². The van der Waals surface area contributed by atoms with Gasteiger partial charge in [0.15, 0.2) is 0 Å². The van der Waals surface area contributed by atoms with Gasteiger partial charge >= 0.3 is 5.69 Å². The van der Waals surface area contributed by atoms with Crippen LogP contribution in [0.5, 0.6) is 0 Å². The summed E-state index contributed by atoms with van der Waals surface area (Å²) in [5.41, 5.74) is 1.64. The Morgan fingerprint density at radius 2 is 1.68 bits per heavy atom. The SMILES string of the molecule is Cc1ccc(Nc2c3c(=O)n(C4CC4)c(=O)n(-c4cccc(N5CCC5)c4)c3c(C)c(=O)n2C)c(F)c1. The smallest absolute Gasteiger partial charge is 0.336 e. The number of hydrogen-bond acceptors (Lipinski definition) is 5. The lowest BCUT2D eigenvalue weighted by Gasteiger charge is -2.33. The van der Waals surface area contributed by atoms with Gasteiger partial charge < -0.3 is 10.2 Å². The molecule has 1 saturated heterocycles. The van der Waals surface area contributed by atoms with Crippen LogP contribution in [0.2, 0.25) is 0 Å². The van der Waals surface area contributed by atoms with Crippen molar-refractivity contribution in [2.24, 2.45) is 7.05 Å². The molecule has 2 fully saturated rings. The third kappa shape index (κ3) is 3.68. The third-order valence-corrected chi connectivity index (χ3v) is 7.44. The summed E-state index contributed by atoms with van der Waals surface area (Å²) in [6.07, 6.45) is 2.57. The van der Waals surface area contributed by atoms with E-state index in [1.54, 1.807) is 33.0 Å². The van der Waals surface area contributed by atoms with E-state index >= 15 is 0 Å². The molecule has 0 amide bonds. The second-order valence-corrected chi connectivity index (χ2v) is 10.1. The van der Waals surface area contributed by atoms with E-state index in [2.05, 4.69) is 10.2 Å². The van der Waals surface area contributed by atoms with Crippen molar-refractivity contribution in [1.29, 1.82) is 0 Å². The van der Waals surface area contributed by atoms with Crippen LogP contribution in [-0.4, -0.2) is 26.8 Å². The summed E-state index contributed by atoms with van der Waals surface area (Å²) in [5, 5.41) is 3.18. The van der Waals surface area contributed by atoms with Gasteiger partial charge in [0.2, 0.25) is 0 Å². The first-order chi connectivity index (χ1) is 17.8. The molecule has 1 N–H and O–H groups in total. The molecule has 0 unspecified atom stereocenters. The van der Waals surface area contributed by atoms with Crippen molar-refractivity contribution < 1.29 is 4.39 Å². The number of rotatable bonds is 5. The molecule has 8 nitrogen and oxygen atoms in total. The second-order valence-electron chi connectivity index (χ2n) is 10.1. The number of nitrogens with one attached hydrogen (secondary N) is 1. The highest BCUT2D eigenvalue weighted by Crippen LogP contribution is 2.34. The minimum atomic E-state index is -0.501. The van der Waals surface area contributed by atoms with E-state index in [9.17, 15) is 18.8 Å². The molecular formula is C28H28FN5O3. The van der Waals surface area contributed by atoms with Crippen LogP contribution in [-0.2, 0) is 7.05 Å². The second kappa shape index (κ2) is 8.47. The molecule has 2 aliphatic rings. The Morgan fingerprint density at radius 3 is 2.32 bits per heavy atom. The molecule has 3 heterocycles. The highest BCUT2D eigenvalue weighted by atomic mass is 19.1. The summed E-state index contributed by atoms with van der Waals surface area (Å²) in [6.45, 7) is 5.29. The lowest BCUT2D eigenvalue weighted by atomic mass is 10.1. The number of halogens is 1. The van der Waals surface area contributed by atoms with Gasteiger partial charge in [-0.2, -0.15) is 0 Å². The average Bonchev–Trinajstić information content (AvgIpc) is 3.66. The summed E-state index contributed by atoms with van der Waals surface area (Å²) in [6, 6.07) is 12.1. The topological polar surface area (TPSA) is 81.3 Å². The van der Waals surface area contributed by atoms with Crippen molar-refractivity contribution in [1.82, 2.24) is 13.7 Å². The van der Waals surface area contributed by atoms with Crippen molar-refractivity contribution in [3.8, 4) is 5.69 Å². The van der Waals surface area contributed by atoms with Crippen LogP contribution < -0.4 is 27.0 Å².